The molecule has 10 nitrogen and oxygen atoms in total. The number of hydrogen-bond donors (Lipinski definition) is 5. The molecule has 0 bridgehead atoms. The maximum atomic E-state index is 6.11. The Hall–Kier alpha value is -3.24. The van der Waals surface area contributed by atoms with Gasteiger partial charge >= 0.3 is 0 Å². The Morgan fingerprint density at radius 2 is 1.62 bits per heavy atom. The SMILES string of the molecule is CNC(C)(NC)Oc1ccccc1-c1nc2c(N)nc(N)nc2nc1N. The molecule has 0 saturated heterocycles. The van der Waals surface area contributed by atoms with Crippen LogP contribution in [0.15, 0.2) is 24.3 Å². The molecule has 0 unspecified atom stereocenters. The van der Waals surface area contributed by atoms with Crippen LogP contribution in [-0.4, -0.2) is 39.9 Å². The van der Waals surface area contributed by atoms with E-state index in [1.54, 1.807) is 14.1 Å². The van der Waals surface area contributed by atoms with Gasteiger partial charge in [-0.05, 0) is 26.2 Å². The third-order valence-electron chi connectivity index (χ3n) is 4.01. The fraction of sp³-hybridized carbons (Fsp3) is 0.250. The Kier molecular flexibility index (Phi) is 4.45. The summed E-state index contributed by atoms with van der Waals surface area (Å²) in [4.78, 5) is 16.7. The zero-order valence-corrected chi connectivity index (χ0v) is 14.7. The molecule has 0 atom stereocenters. The summed E-state index contributed by atoms with van der Waals surface area (Å²) in [6.45, 7) is 1.85. The first-order valence-corrected chi connectivity index (χ1v) is 7.89. The molecule has 2 heterocycles. The highest BCUT2D eigenvalue weighted by Gasteiger charge is 2.24. The highest BCUT2D eigenvalue weighted by molar-refractivity contribution is 5.88. The summed E-state index contributed by atoms with van der Waals surface area (Å²) in [6, 6.07) is 7.36. The summed E-state index contributed by atoms with van der Waals surface area (Å²) >= 11 is 0. The van der Waals surface area contributed by atoms with Crippen molar-refractivity contribution in [3.63, 3.8) is 0 Å². The summed E-state index contributed by atoms with van der Waals surface area (Å²) < 4.78 is 6.07. The van der Waals surface area contributed by atoms with Gasteiger partial charge in [-0.15, -0.1) is 0 Å². The topological polar surface area (TPSA) is 163 Å². The van der Waals surface area contributed by atoms with Crippen LogP contribution in [0.4, 0.5) is 17.6 Å². The van der Waals surface area contributed by atoms with Gasteiger partial charge in [0.2, 0.25) is 11.8 Å². The van der Waals surface area contributed by atoms with Crippen LogP contribution in [0.2, 0.25) is 0 Å². The number of anilines is 3. The van der Waals surface area contributed by atoms with Crippen LogP contribution in [0.5, 0.6) is 5.75 Å². The third kappa shape index (κ3) is 3.15. The highest BCUT2D eigenvalue weighted by Crippen LogP contribution is 2.34. The average Bonchev–Trinajstić information content (AvgIpc) is 2.61. The van der Waals surface area contributed by atoms with Crippen molar-refractivity contribution in [1.82, 2.24) is 30.6 Å². The fourth-order valence-electron chi connectivity index (χ4n) is 2.40. The summed E-state index contributed by atoms with van der Waals surface area (Å²) in [5.74, 6) is 0.107. The minimum absolute atomic E-state index is 0.0130. The Morgan fingerprint density at radius 1 is 0.923 bits per heavy atom. The van der Waals surface area contributed by atoms with Gasteiger partial charge in [-0.3, -0.25) is 10.6 Å². The largest absolute Gasteiger partial charge is 0.459 e. The molecular formula is C16H21N9O. The maximum Gasteiger partial charge on any atom is 0.224 e. The zero-order valence-electron chi connectivity index (χ0n) is 14.7. The summed E-state index contributed by atoms with van der Waals surface area (Å²) in [6.07, 6.45) is 0. The highest BCUT2D eigenvalue weighted by atomic mass is 16.5. The molecule has 0 amide bonds. The summed E-state index contributed by atoms with van der Waals surface area (Å²) in [7, 11) is 3.57. The number of hydrogen-bond acceptors (Lipinski definition) is 10. The van der Waals surface area contributed by atoms with Crippen LogP contribution in [0, 0.1) is 0 Å². The van der Waals surface area contributed by atoms with Crippen LogP contribution >= 0.6 is 0 Å². The van der Waals surface area contributed by atoms with E-state index in [4.69, 9.17) is 21.9 Å². The molecule has 8 N–H and O–H groups in total. The van der Waals surface area contributed by atoms with Crippen LogP contribution in [0.25, 0.3) is 22.4 Å². The van der Waals surface area contributed by atoms with Crippen molar-refractivity contribution in [3.8, 4) is 17.0 Å². The molecule has 26 heavy (non-hydrogen) atoms. The summed E-state index contributed by atoms with van der Waals surface area (Å²) in [5, 5.41) is 6.12. The Bertz CT molecular complexity index is 956. The van der Waals surface area contributed by atoms with E-state index in [0.29, 0.717) is 22.5 Å². The molecule has 0 aliphatic carbocycles. The van der Waals surface area contributed by atoms with Crippen LogP contribution < -0.4 is 32.6 Å². The monoisotopic (exact) mass is 355 g/mol. The first-order chi connectivity index (χ1) is 12.4. The predicted octanol–water partition coefficient (Wildman–Crippen LogP) is 0.325. The van der Waals surface area contributed by atoms with Crippen molar-refractivity contribution in [3.05, 3.63) is 24.3 Å². The van der Waals surface area contributed by atoms with Gasteiger partial charge in [0.15, 0.2) is 22.8 Å². The van der Waals surface area contributed by atoms with Gasteiger partial charge in [0, 0.05) is 12.5 Å². The number of rotatable bonds is 5. The van der Waals surface area contributed by atoms with Crippen molar-refractivity contribution >= 4 is 28.7 Å². The van der Waals surface area contributed by atoms with E-state index in [1.807, 2.05) is 31.2 Å². The number of nitrogens with zero attached hydrogens (tertiary/aromatic N) is 4. The zero-order chi connectivity index (χ0) is 18.9. The van der Waals surface area contributed by atoms with Gasteiger partial charge in [0.05, 0.1) is 0 Å². The second kappa shape index (κ2) is 6.58. The van der Waals surface area contributed by atoms with Crippen LogP contribution in [-0.2, 0) is 0 Å². The van der Waals surface area contributed by atoms with Gasteiger partial charge < -0.3 is 21.9 Å². The molecule has 136 valence electrons. The molecule has 0 aliphatic heterocycles. The van der Waals surface area contributed by atoms with E-state index in [-0.39, 0.29) is 23.2 Å². The van der Waals surface area contributed by atoms with Gasteiger partial charge in [-0.2, -0.15) is 9.97 Å². The second-order valence-corrected chi connectivity index (χ2v) is 5.73. The lowest BCUT2D eigenvalue weighted by Crippen LogP contribution is -2.56. The van der Waals surface area contributed by atoms with Gasteiger partial charge in [0.1, 0.15) is 11.4 Å². The Labute approximate surface area is 150 Å². The molecule has 0 spiro atoms. The van der Waals surface area contributed by atoms with Gasteiger partial charge in [-0.25, -0.2) is 9.97 Å². The number of nitrogens with one attached hydrogen (secondary N) is 2. The lowest BCUT2D eigenvalue weighted by Gasteiger charge is -2.30. The van der Waals surface area contributed by atoms with Crippen molar-refractivity contribution in [2.24, 2.45) is 0 Å². The van der Waals surface area contributed by atoms with Crippen molar-refractivity contribution in [2.75, 3.05) is 31.3 Å². The number of nitrogen functional groups attached to an aromatic ring is 3. The molecular weight excluding hydrogens is 334 g/mol. The van der Waals surface area contributed by atoms with Gasteiger partial charge in [-0.1, -0.05) is 12.1 Å². The number of nitrogens with two attached hydrogens (primary N) is 3. The van der Waals surface area contributed by atoms with E-state index in [9.17, 15) is 0 Å². The van der Waals surface area contributed by atoms with Crippen LogP contribution in [0.1, 0.15) is 6.92 Å². The Balaban J connectivity index is 2.17. The average molecular weight is 355 g/mol. The third-order valence-corrected chi connectivity index (χ3v) is 4.01. The molecule has 0 aliphatic rings. The number of aromatic nitrogens is 4. The van der Waals surface area contributed by atoms with Crippen LogP contribution in [0.3, 0.4) is 0 Å². The molecule has 0 saturated carbocycles. The van der Waals surface area contributed by atoms with Gasteiger partial charge in [0.25, 0.3) is 0 Å². The first-order valence-electron chi connectivity index (χ1n) is 7.89. The fourth-order valence-corrected chi connectivity index (χ4v) is 2.40. The molecule has 0 fully saturated rings. The minimum atomic E-state index is -0.786. The number of para-hydroxylation sites is 1. The Morgan fingerprint density at radius 3 is 2.31 bits per heavy atom. The standard InChI is InChI=1S/C16H21N9O/c1-16(20-2,21-3)26-9-7-5-4-6-8(9)10-12(17)23-14-11(22-10)13(18)24-15(19)25-14/h4-7,20-21H,1-3H3,(H6,17,18,19,23,24,25). The maximum absolute atomic E-state index is 6.11. The van der Waals surface area contributed by atoms with Crippen molar-refractivity contribution < 1.29 is 4.74 Å². The van der Waals surface area contributed by atoms with E-state index in [0.717, 1.165) is 0 Å². The molecule has 1 aromatic carbocycles. The number of benzene rings is 1. The quantitative estimate of drug-likeness (QED) is 0.403. The molecule has 0 radical (unpaired) electrons. The summed E-state index contributed by atoms with van der Waals surface area (Å²) in [5.41, 5.74) is 19.3. The van der Waals surface area contributed by atoms with E-state index < -0.39 is 5.85 Å². The minimum Gasteiger partial charge on any atom is -0.459 e. The smallest absolute Gasteiger partial charge is 0.224 e. The molecule has 10 heteroatoms. The van der Waals surface area contributed by atoms with Crippen molar-refractivity contribution in [1.29, 1.82) is 0 Å². The predicted molar refractivity (Wildman–Crippen MR) is 101 cm³/mol. The molecule has 2 aromatic heterocycles. The second-order valence-electron chi connectivity index (χ2n) is 5.73. The number of ether oxygens (including phenoxy) is 1. The normalized spacial score (nSPS) is 11.7. The van der Waals surface area contributed by atoms with E-state index in [2.05, 4.69) is 30.6 Å². The van der Waals surface area contributed by atoms with E-state index >= 15 is 0 Å². The lowest BCUT2D eigenvalue weighted by atomic mass is 10.1. The van der Waals surface area contributed by atoms with Crippen molar-refractivity contribution in [2.45, 2.75) is 12.8 Å². The van der Waals surface area contributed by atoms with E-state index in [1.165, 1.54) is 0 Å². The molecule has 3 rings (SSSR count). The number of fused-ring (bicyclic) bond motifs is 1. The first kappa shape index (κ1) is 17.6. The lowest BCUT2D eigenvalue weighted by molar-refractivity contribution is 0.0330. The molecule has 3 aromatic rings.